The molecule has 0 spiro atoms. The number of nitrogens with one attached hydrogen (secondary N) is 1. The number of rotatable bonds is 5. The third kappa shape index (κ3) is 3.48. The van der Waals surface area contributed by atoms with Crippen LogP contribution in [0.3, 0.4) is 0 Å². The Kier molecular flexibility index (Phi) is 5.09. The van der Waals surface area contributed by atoms with Crippen molar-refractivity contribution in [1.29, 1.82) is 0 Å². The molecule has 20 heavy (non-hydrogen) atoms. The Balaban J connectivity index is 3.03. The second kappa shape index (κ2) is 6.57. The number of amides is 1. The predicted octanol–water partition coefficient (Wildman–Crippen LogP) is -0.00240. The first-order valence-electron chi connectivity index (χ1n) is 5.34. The molecular formula is C11H11FN2O6. The Morgan fingerprint density at radius 2 is 2.20 bits per heavy atom. The average molecular weight is 286 g/mol. The molecule has 0 saturated carbocycles. The normalized spacial score (nSPS) is 11.6. The molecule has 0 radical (unpaired) electrons. The van der Waals surface area contributed by atoms with Gasteiger partial charge in [-0.05, 0) is 12.1 Å². The van der Waals surface area contributed by atoms with E-state index in [9.17, 15) is 24.1 Å². The fraction of sp³-hybridized carbons (Fsp3) is 0.273. The standard InChI is InChI=1S/C11H11FN2O6/c1-20-11(17)8(5-15)13-10(16)7-3-2-6(12)4-9(7)14(18)19/h2-4,8,15H,5H2,1H3,(H,13,16). The van der Waals surface area contributed by atoms with Crippen molar-refractivity contribution < 1.29 is 28.7 Å². The van der Waals surface area contributed by atoms with Gasteiger partial charge in [-0.25, -0.2) is 9.18 Å². The SMILES string of the molecule is COC(=O)C(CO)NC(=O)c1ccc(F)cc1[N+](=O)[O-]. The second-order valence-corrected chi connectivity index (χ2v) is 3.65. The molecule has 1 amide bonds. The first kappa shape index (κ1) is 15.5. The summed E-state index contributed by atoms with van der Waals surface area (Å²) in [5, 5.41) is 21.7. The van der Waals surface area contributed by atoms with Crippen LogP contribution in [-0.4, -0.2) is 41.7 Å². The van der Waals surface area contributed by atoms with Crippen molar-refractivity contribution in [3.05, 3.63) is 39.7 Å². The van der Waals surface area contributed by atoms with Crippen molar-refractivity contribution in [2.45, 2.75) is 6.04 Å². The number of esters is 1. The van der Waals surface area contributed by atoms with Crippen LogP contribution >= 0.6 is 0 Å². The quantitative estimate of drug-likeness (QED) is 0.446. The van der Waals surface area contributed by atoms with Crippen molar-refractivity contribution in [3.63, 3.8) is 0 Å². The van der Waals surface area contributed by atoms with Crippen LogP contribution in [0.4, 0.5) is 10.1 Å². The van der Waals surface area contributed by atoms with Gasteiger partial charge in [-0.3, -0.25) is 14.9 Å². The minimum absolute atomic E-state index is 0.432. The van der Waals surface area contributed by atoms with E-state index in [0.29, 0.717) is 6.07 Å². The molecule has 0 saturated heterocycles. The topological polar surface area (TPSA) is 119 Å². The van der Waals surface area contributed by atoms with Gasteiger partial charge in [-0.1, -0.05) is 0 Å². The fourth-order valence-corrected chi connectivity index (χ4v) is 1.41. The van der Waals surface area contributed by atoms with Crippen LogP contribution in [0.2, 0.25) is 0 Å². The minimum Gasteiger partial charge on any atom is -0.467 e. The molecule has 2 N–H and O–H groups in total. The molecule has 0 aromatic heterocycles. The summed E-state index contributed by atoms with van der Waals surface area (Å²) < 4.78 is 17.3. The van der Waals surface area contributed by atoms with Gasteiger partial charge in [-0.2, -0.15) is 0 Å². The number of aliphatic hydroxyl groups excluding tert-OH is 1. The van der Waals surface area contributed by atoms with Gasteiger partial charge < -0.3 is 15.2 Å². The van der Waals surface area contributed by atoms with Gasteiger partial charge in [0, 0.05) is 0 Å². The van der Waals surface area contributed by atoms with E-state index < -0.39 is 46.5 Å². The highest BCUT2D eigenvalue weighted by atomic mass is 19.1. The summed E-state index contributed by atoms with van der Waals surface area (Å²) in [5.41, 5.74) is -1.18. The summed E-state index contributed by atoms with van der Waals surface area (Å²) in [6.07, 6.45) is 0. The number of hydrogen-bond acceptors (Lipinski definition) is 6. The zero-order valence-electron chi connectivity index (χ0n) is 10.3. The van der Waals surface area contributed by atoms with E-state index in [2.05, 4.69) is 10.1 Å². The summed E-state index contributed by atoms with van der Waals surface area (Å²) in [5.74, 6) is -2.79. The van der Waals surface area contributed by atoms with E-state index in [1.54, 1.807) is 0 Å². The Morgan fingerprint density at radius 3 is 2.70 bits per heavy atom. The van der Waals surface area contributed by atoms with E-state index in [4.69, 9.17) is 5.11 Å². The molecule has 8 nitrogen and oxygen atoms in total. The van der Waals surface area contributed by atoms with Gasteiger partial charge in [-0.15, -0.1) is 0 Å². The van der Waals surface area contributed by atoms with Crippen LogP contribution in [0, 0.1) is 15.9 Å². The van der Waals surface area contributed by atoms with Crippen LogP contribution in [0.5, 0.6) is 0 Å². The van der Waals surface area contributed by atoms with E-state index in [1.807, 2.05) is 0 Å². The lowest BCUT2D eigenvalue weighted by atomic mass is 10.1. The number of methoxy groups -OCH3 is 1. The molecule has 1 aromatic rings. The number of hydrogen-bond donors (Lipinski definition) is 2. The molecule has 0 aliphatic rings. The number of benzene rings is 1. The van der Waals surface area contributed by atoms with Crippen molar-refractivity contribution in [2.24, 2.45) is 0 Å². The van der Waals surface area contributed by atoms with Gasteiger partial charge in [0.05, 0.1) is 24.7 Å². The maximum atomic E-state index is 12.9. The summed E-state index contributed by atoms with van der Waals surface area (Å²) in [7, 11) is 1.05. The zero-order valence-corrected chi connectivity index (χ0v) is 10.3. The molecule has 108 valence electrons. The summed E-state index contributed by atoms with van der Waals surface area (Å²) >= 11 is 0. The van der Waals surface area contributed by atoms with Crippen molar-refractivity contribution in [2.75, 3.05) is 13.7 Å². The zero-order chi connectivity index (χ0) is 15.3. The van der Waals surface area contributed by atoms with Crippen LogP contribution in [0.1, 0.15) is 10.4 Å². The minimum atomic E-state index is -1.36. The molecule has 0 aliphatic carbocycles. The summed E-state index contributed by atoms with van der Waals surface area (Å²) in [6, 6.07) is 1.00. The molecule has 1 aromatic carbocycles. The molecule has 0 aliphatic heterocycles. The second-order valence-electron chi connectivity index (χ2n) is 3.65. The number of nitro benzene ring substituents is 1. The number of nitro groups is 1. The lowest BCUT2D eigenvalue weighted by molar-refractivity contribution is -0.385. The van der Waals surface area contributed by atoms with Gasteiger partial charge in [0.15, 0.2) is 6.04 Å². The Labute approximate surface area is 112 Å². The van der Waals surface area contributed by atoms with Gasteiger partial charge in [0.2, 0.25) is 0 Å². The maximum Gasteiger partial charge on any atom is 0.330 e. The number of halogens is 1. The molecule has 1 atom stereocenters. The molecule has 0 heterocycles. The highest BCUT2D eigenvalue weighted by Gasteiger charge is 2.26. The smallest absolute Gasteiger partial charge is 0.330 e. The van der Waals surface area contributed by atoms with E-state index in [1.165, 1.54) is 0 Å². The molecule has 0 fully saturated rings. The molecule has 1 unspecified atom stereocenters. The predicted molar refractivity (Wildman–Crippen MR) is 63.4 cm³/mol. The lowest BCUT2D eigenvalue weighted by Gasteiger charge is -2.13. The molecule has 0 bridgehead atoms. The fourth-order valence-electron chi connectivity index (χ4n) is 1.41. The third-order valence-electron chi connectivity index (χ3n) is 2.37. The largest absolute Gasteiger partial charge is 0.467 e. The summed E-state index contributed by atoms with van der Waals surface area (Å²) in [6.45, 7) is -0.743. The maximum absolute atomic E-state index is 12.9. The van der Waals surface area contributed by atoms with Crippen LogP contribution < -0.4 is 5.32 Å². The van der Waals surface area contributed by atoms with E-state index in [-0.39, 0.29) is 0 Å². The van der Waals surface area contributed by atoms with E-state index in [0.717, 1.165) is 19.2 Å². The Bertz CT molecular complexity index is 548. The highest BCUT2D eigenvalue weighted by molar-refractivity contribution is 6.00. The average Bonchev–Trinajstić information content (AvgIpc) is 2.43. The number of aliphatic hydroxyl groups is 1. The van der Waals surface area contributed by atoms with Gasteiger partial charge >= 0.3 is 5.97 Å². The van der Waals surface area contributed by atoms with Crippen LogP contribution in [0.25, 0.3) is 0 Å². The number of ether oxygens (including phenoxy) is 1. The monoisotopic (exact) mass is 286 g/mol. The summed E-state index contributed by atoms with van der Waals surface area (Å²) in [4.78, 5) is 32.8. The highest BCUT2D eigenvalue weighted by Crippen LogP contribution is 2.19. The van der Waals surface area contributed by atoms with Crippen molar-refractivity contribution in [3.8, 4) is 0 Å². The molecule has 9 heteroatoms. The van der Waals surface area contributed by atoms with E-state index >= 15 is 0 Å². The van der Waals surface area contributed by atoms with Gasteiger partial charge in [0.1, 0.15) is 11.4 Å². The van der Waals surface area contributed by atoms with Crippen LogP contribution in [-0.2, 0) is 9.53 Å². The Hall–Kier alpha value is -2.55. The third-order valence-corrected chi connectivity index (χ3v) is 2.37. The molecular weight excluding hydrogens is 275 g/mol. The number of nitrogens with zero attached hydrogens (tertiary/aromatic N) is 1. The van der Waals surface area contributed by atoms with Crippen molar-refractivity contribution in [1.82, 2.24) is 5.32 Å². The number of carbonyl (C=O) groups excluding carboxylic acids is 2. The van der Waals surface area contributed by atoms with Crippen molar-refractivity contribution >= 4 is 17.6 Å². The first-order valence-corrected chi connectivity index (χ1v) is 5.34. The number of carbonyl (C=O) groups is 2. The first-order chi connectivity index (χ1) is 9.40. The van der Waals surface area contributed by atoms with Crippen LogP contribution in [0.15, 0.2) is 18.2 Å². The Morgan fingerprint density at radius 1 is 1.55 bits per heavy atom. The molecule has 1 rings (SSSR count). The lowest BCUT2D eigenvalue weighted by Crippen LogP contribution is -2.44. The van der Waals surface area contributed by atoms with Gasteiger partial charge in [0.25, 0.3) is 11.6 Å².